The van der Waals surface area contributed by atoms with Crippen molar-refractivity contribution in [1.82, 2.24) is 5.32 Å². The minimum atomic E-state index is -0.668. The first-order chi connectivity index (χ1) is 51.5. The van der Waals surface area contributed by atoms with Crippen LogP contribution in [0.3, 0.4) is 0 Å². The van der Waals surface area contributed by atoms with Gasteiger partial charge in [0.2, 0.25) is 0 Å². The molecule has 0 aromatic heterocycles. The second kappa shape index (κ2) is 47.3. The number of hydrogen-bond acceptors (Lipinski definition) is 14. The molecule has 1 saturated heterocycles. The smallest absolute Gasteiger partial charge is 0.108 e. The number of aliphatic hydroxyl groups excluding tert-OH is 7. The summed E-state index contributed by atoms with van der Waals surface area (Å²) in [6, 6.07) is 94.6. The third kappa shape index (κ3) is 28.1. The van der Waals surface area contributed by atoms with Crippen LogP contribution in [-0.2, 0) is 18.4 Å². The first-order valence-corrected chi connectivity index (χ1v) is 37.9. The Kier molecular flexibility index (Phi) is 37.9. The quantitative estimate of drug-likeness (QED) is 0.0380. The van der Waals surface area contributed by atoms with Crippen molar-refractivity contribution in [1.29, 1.82) is 0 Å². The normalized spacial score (nSPS) is 18.6. The molecule has 14 heteroatoms. The highest BCUT2D eigenvalue weighted by atomic mass is 16.3. The number of nitrogens with one attached hydrogen (secondary N) is 1. The zero-order chi connectivity index (χ0) is 75.7. The molecule has 12 unspecified atom stereocenters. The molecular weight excluding hydrogens is 1320 g/mol. The van der Waals surface area contributed by atoms with Crippen molar-refractivity contribution in [3.8, 4) is 0 Å². The van der Waals surface area contributed by atoms with Crippen molar-refractivity contribution in [3.63, 3.8) is 0 Å². The van der Waals surface area contributed by atoms with Gasteiger partial charge in [0.25, 0.3) is 0 Å². The fourth-order valence-corrected chi connectivity index (χ4v) is 13.7. The molecule has 1 aliphatic heterocycles. The van der Waals surface area contributed by atoms with Crippen molar-refractivity contribution >= 4 is 0 Å². The van der Waals surface area contributed by atoms with Crippen LogP contribution >= 0.6 is 0 Å². The summed E-state index contributed by atoms with van der Waals surface area (Å²) in [6.45, 7) is 2.84. The fourth-order valence-electron chi connectivity index (χ4n) is 13.7. The molecule has 2 saturated carbocycles. The number of hydrogen-bond donors (Lipinski definition) is 14. The molecule has 14 nitrogen and oxygen atoms in total. The molecule has 10 aromatic rings. The van der Waals surface area contributed by atoms with Gasteiger partial charge in [-0.25, -0.2) is 0 Å². The maximum absolute atomic E-state index is 11.5. The van der Waals surface area contributed by atoms with Crippen molar-refractivity contribution in [2.45, 2.75) is 182 Å². The average molecular weight is 1440 g/mol. The SMILES string of the molecule is CC(N)C(O)c1ccccc1.NC(CO)c1ccccc1.NC(c1ccccc1)C(O)c1ccccc1.NC(c1ccccc1)C(O)c1ccccc1.NC1c2ccccc2CC1O.OC(CCCc1ccccc1)c1ccccc1.OC(c1ccccc1)(C1CCCCC1)C1CCCN1.OC1CCCC1. The van der Waals surface area contributed by atoms with Gasteiger partial charge in [-0.3, -0.25) is 0 Å². The maximum atomic E-state index is 11.5. The molecule has 3 aliphatic carbocycles. The Bertz CT molecular complexity index is 3650. The molecule has 4 aliphatic rings. The first kappa shape index (κ1) is 84.9. The third-order valence-electron chi connectivity index (χ3n) is 20.0. The van der Waals surface area contributed by atoms with E-state index in [4.69, 9.17) is 38.9 Å². The number of fused-ring (bicyclic) bond motifs is 1. The molecule has 0 spiro atoms. The lowest BCUT2D eigenvalue weighted by atomic mass is 9.69. The van der Waals surface area contributed by atoms with Gasteiger partial charge in [0.1, 0.15) is 5.60 Å². The lowest BCUT2D eigenvalue weighted by molar-refractivity contribution is -0.0656. The highest BCUT2D eigenvalue weighted by Crippen LogP contribution is 2.44. The molecule has 12 atom stereocenters. The van der Waals surface area contributed by atoms with Gasteiger partial charge in [-0.05, 0) is 138 Å². The lowest BCUT2D eigenvalue weighted by Gasteiger charge is -2.43. The Morgan fingerprint density at radius 2 is 0.802 bits per heavy atom. The summed E-state index contributed by atoms with van der Waals surface area (Å²) in [5.41, 5.74) is 39.4. The minimum absolute atomic E-state index is 0.00398. The van der Waals surface area contributed by atoms with Gasteiger partial charge < -0.3 is 74.8 Å². The number of aryl methyl sites for hydroxylation is 1. The van der Waals surface area contributed by atoms with Gasteiger partial charge in [-0.2, -0.15) is 0 Å². The summed E-state index contributed by atoms with van der Waals surface area (Å²) in [7, 11) is 0. The van der Waals surface area contributed by atoms with E-state index in [1.165, 1.54) is 62.5 Å². The van der Waals surface area contributed by atoms with E-state index in [1.54, 1.807) is 6.92 Å². The Labute approximate surface area is 630 Å². The molecule has 10 aromatic carbocycles. The van der Waals surface area contributed by atoms with Gasteiger partial charge >= 0.3 is 0 Å². The van der Waals surface area contributed by atoms with E-state index in [9.17, 15) is 30.6 Å². The van der Waals surface area contributed by atoms with Crippen LogP contribution in [0.15, 0.2) is 297 Å². The molecule has 564 valence electrons. The van der Waals surface area contributed by atoms with E-state index < -0.39 is 23.9 Å². The molecule has 0 bridgehead atoms. The maximum Gasteiger partial charge on any atom is 0.108 e. The molecule has 0 amide bonds. The van der Waals surface area contributed by atoms with E-state index in [-0.39, 0.29) is 61.2 Å². The summed E-state index contributed by atoms with van der Waals surface area (Å²) in [5, 5.41) is 81.6. The molecule has 14 rings (SSSR count). The number of nitrogens with two attached hydrogens (primary N) is 5. The van der Waals surface area contributed by atoms with Gasteiger partial charge in [-0.15, -0.1) is 0 Å². The second-order valence-corrected chi connectivity index (χ2v) is 27.9. The van der Waals surface area contributed by atoms with Crippen LogP contribution in [0.5, 0.6) is 0 Å². The van der Waals surface area contributed by atoms with E-state index >= 15 is 0 Å². The summed E-state index contributed by atoms with van der Waals surface area (Å²) in [6.07, 6.45) is 14.1. The van der Waals surface area contributed by atoms with E-state index in [2.05, 4.69) is 53.8 Å². The van der Waals surface area contributed by atoms with Crippen LogP contribution in [-0.4, -0.2) is 78.3 Å². The molecule has 19 N–H and O–H groups in total. The Hall–Kier alpha value is -8.36. The number of rotatable bonds is 18. The predicted molar refractivity (Wildman–Crippen MR) is 431 cm³/mol. The Morgan fingerprint density at radius 3 is 1.20 bits per heavy atom. The summed E-state index contributed by atoms with van der Waals surface area (Å²) in [5.74, 6) is 0.416. The monoisotopic (exact) mass is 1430 g/mol. The van der Waals surface area contributed by atoms with Crippen LogP contribution in [0, 0.1) is 5.92 Å². The third-order valence-corrected chi connectivity index (χ3v) is 20.0. The Balaban J connectivity index is 0.000000172. The van der Waals surface area contributed by atoms with E-state index in [0.29, 0.717) is 12.3 Å². The zero-order valence-electron chi connectivity index (χ0n) is 61.8. The average Bonchev–Trinajstić information content (AvgIpc) is 1.05. The van der Waals surface area contributed by atoms with E-state index in [1.807, 2.05) is 249 Å². The minimum Gasteiger partial charge on any atom is -0.394 e. The molecule has 1 heterocycles. The molecular formula is C92H118N6O8. The predicted octanol–water partition coefficient (Wildman–Crippen LogP) is 15.1. The van der Waals surface area contributed by atoms with Gasteiger partial charge in [0.15, 0.2) is 0 Å². The van der Waals surface area contributed by atoms with Crippen LogP contribution in [0.2, 0.25) is 0 Å². The van der Waals surface area contributed by atoms with Crippen molar-refractivity contribution < 1.29 is 40.9 Å². The fraction of sp³-hybridized carbons (Fsp3) is 0.348. The standard InChI is InChI=1S/C17H25NO.C16H18O.2C14H15NO.C9H11NO.C9H13NO.C8H11NO.C5H10O/c19-17(16-12-7-13-18-16,14-8-3-1-4-9-14)15-10-5-2-6-11-15;17-16(15-11-5-2-6-12-15)13-7-10-14-8-3-1-4-9-14;2*15-13(11-7-3-1-4-8-11)14(16)12-9-5-2-6-10-12;10-9-7-4-2-1-3-6(7)5-8(9)11;1-7(10)9(11)8-5-3-2-4-6-8;9-8(6-10)7-4-2-1-3-5-7;6-5-3-1-2-4-5/h1,3-4,8-9,15-16,18-19H,2,5-7,10-13H2;1-6,8-9,11-12,16-17H,7,10,13H2;2*1-10,13-14,16H,15H2;1-4,8-9,11H,5,10H2;2-7,9,11H,10H2,1H3;1-5,8,10H,6,9H2;5-6H,1-4H2. The summed E-state index contributed by atoms with van der Waals surface area (Å²) < 4.78 is 0. The topological polar surface area (TPSA) is 304 Å². The molecule has 0 radical (unpaired) electrons. The second-order valence-electron chi connectivity index (χ2n) is 27.9. The number of benzene rings is 10. The van der Waals surface area contributed by atoms with Crippen molar-refractivity contribution in [3.05, 3.63) is 358 Å². The molecule has 3 fully saturated rings. The van der Waals surface area contributed by atoms with Gasteiger partial charge in [-0.1, -0.05) is 329 Å². The van der Waals surface area contributed by atoms with Crippen molar-refractivity contribution in [2.24, 2.45) is 34.6 Å². The zero-order valence-corrected chi connectivity index (χ0v) is 61.8. The largest absolute Gasteiger partial charge is 0.394 e. The van der Waals surface area contributed by atoms with Crippen LogP contribution in [0.25, 0.3) is 0 Å². The van der Waals surface area contributed by atoms with Crippen LogP contribution in [0.1, 0.15) is 200 Å². The van der Waals surface area contributed by atoms with Crippen molar-refractivity contribution in [2.75, 3.05) is 13.2 Å². The van der Waals surface area contributed by atoms with Crippen LogP contribution in [0.4, 0.5) is 0 Å². The summed E-state index contributed by atoms with van der Waals surface area (Å²) in [4.78, 5) is 0. The highest BCUT2D eigenvalue weighted by molar-refractivity contribution is 5.36. The Morgan fingerprint density at radius 1 is 0.425 bits per heavy atom. The summed E-state index contributed by atoms with van der Waals surface area (Å²) >= 11 is 0. The number of aliphatic hydroxyl groups is 8. The molecule has 106 heavy (non-hydrogen) atoms. The lowest BCUT2D eigenvalue weighted by Crippen LogP contribution is -2.51. The first-order valence-electron chi connectivity index (χ1n) is 37.9. The van der Waals surface area contributed by atoms with Gasteiger partial charge in [0.05, 0.1) is 67.4 Å². The van der Waals surface area contributed by atoms with Crippen LogP contribution < -0.4 is 34.0 Å². The highest BCUT2D eigenvalue weighted by Gasteiger charge is 2.46. The van der Waals surface area contributed by atoms with E-state index in [0.717, 1.165) is 95.1 Å². The van der Waals surface area contributed by atoms with Gasteiger partial charge in [0, 0.05) is 18.5 Å².